The van der Waals surface area contributed by atoms with Crippen LogP contribution in [0.5, 0.6) is 0 Å². The van der Waals surface area contributed by atoms with Crippen LogP contribution in [0.25, 0.3) is 0 Å². The maximum Gasteiger partial charge on any atom is 0.294 e. The number of carbonyl (C=O) groups is 1. The van der Waals surface area contributed by atoms with Gasteiger partial charge in [0.15, 0.2) is 5.01 Å². The number of hydrogen-bond acceptors (Lipinski definition) is 7. The molecule has 2 heterocycles. The van der Waals surface area contributed by atoms with Crippen molar-refractivity contribution >= 4 is 27.3 Å². The number of carbonyl (C=O) groups excluding carboxylic acids is 1. The van der Waals surface area contributed by atoms with E-state index in [1.807, 2.05) is 0 Å². The first-order valence-electron chi connectivity index (χ1n) is 9.08. The third kappa shape index (κ3) is 4.61. The van der Waals surface area contributed by atoms with Crippen molar-refractivity contribution in [1.82, 2.24) is 20.0 Å². The molecule has 1 aromatic heterocycles. The molecule has 1 amide bonds. The summed E-state index contributed by atoms with van der Waals surface area (Å²) in [5.74, 6) is 5.44. The van der Waals surface area contributed by atoms with E-state index in [0.717, 1.165) is 36.4 Å². The summed E-state index contributed by atoms with van der Waals surface area (Å²) in [6.07, 6.45) is 8.00. The average Bonchev–Trinajstić information content (AvgIpc) is 3.04. The number of rotatable bonds is 6. The molecule has 8 nitrogen and oxygen atoms in total. The van der Waals surface area contributed by atoms with Crippen LogP contribution in [0.4, 0.5) is 0 Å². The minimum atomic E-state index is -3.19. The summed E-state index contributed by atoms with van der Waals surface area (Å²) in [6, 6.07) is 0.206. The molecular weight excluding hydrogens is 374 g/mol. The van der Waals surface area contributed by atoms with Gasteiger partial charge in [0.25, 0.3) is 5.91 Å². The van der Waals surface area contributed by atoms with E-state index in [9.17, 15) is 13.2 Å². The first-order chi connectivity index (χ1) is 12.4. The van der Waals surface area contributed by atoms with Gasteiger partial charge in [-0.05, 0) is 18.8 Å². The van der Waals surface area contributed by atoms with Crippen LogP contribution >= 0.6 is 11.3 Å². The van der Waals surface area contributed by atoms with Crippen LogP contribution in [-0.4, -0.2) is 50.1 Å². The molecule has 1 aliphatic carbocycles. The van der Waals surface area contributed by atoms with Crippen molar-refractivity contribution in [1.29, 1.82) is 0 Å². The van der Waals surface area contributed by atoms with E-state index < -0.39 is 10.0 Å². The topological polar surface area (TPSA) is 117 Å². The Bertz CT molecular complexity index is 743. The Hall–Kier alpha value is -1.07. The SMILES string of the molecule is CS(=O)(=O)NCCN1CCc2nc(C(=O)NN)sc2C1C1CCCCC1. The molecule has 146 valence electrons. The van der Waals surface area contributed by atoms with Crippen LogP contribution in [-0.2, 0) is 16.4 Å². The maximum absolute atomic E-state index is 11.9. The number of sulfonamides is 1. The molecule has 10 heteroatoms. The second kappa shape index (κ2) is 8.30. The molecule has 0 aromatic carbocycles. The van der Waals surface area contributed by atoms with E-state index in [4.69, 9.17) is 5.84 Å². The number of hydrazine groups is 1. The quantitative estimate of drug-likeness (QED) is 0.368. The maximum atomic E-state index is 11.9. The predicted molar refractivity (Wildman–Crippen MR) is 101 cm³/mol. The molecule has 2 aliphatic rings. The lowest BCUT2D eigenvalue weighted by atomic mass is 9.81. The number of aromatic nitrogens is 1. The molecule has 1 aromatic rings. The average molecular weight is 402 g/mol. The molecule has 1 aliphatic heterocycles. The highest BCUT2D eigenvalue weighted by atomic mass is 32.2. The predicted octanol–water partition coefficient (Wildman–Crippen LogP) is 0.775. The van der Waals surface area contributed by atoms with Crippen LogP contribution in [0.2, 0.25) is 0 Å². The number of nitrogens with two attached hydrogens (primary N) is 1. The Kier molecular flexibility index (Phi) is 6.29. The van der Waals surface area contributed by atoms with Crippen molar-refractivity contribution in [2.45, 2.75) is 44.6 Å². The number of nitrogens with zero attached hydrogens (tertiary/aromatic N) is 2. The largest absolute Gasteiger partial charge is 0.294 e. The molecule has 26 heavy (non-hydrogen) atoms. The molecule has 0 radical (unpaired) electrons. The highest BCUT2D eigenvalue weighted by molar-refractivity contribution is 7.88. The molecule has 1 unspecified atom stereocenters. The Balaban J connectivity index is 1.83. The highest BCUT2D eigenvalue weighted by Gasteiger charge is 2.37. The molecule has 1 fully saturated rings. The minimum absolute atomic E-state index is 0.206. The van der Waals surface area contributed by atoms with Crippen LogP contribution in [0.3, 0.4) is 0 Å². The van der Waals surface area contributed by atoms with Gasteiger partial charge in [0.05, 0.1) is 11.9 Å². The van der Waals surface area contributed by atoms with Crippen molar-refractivity contribution in [3.63, 3.8) is 0 Å². The summed E-state index contributed by atoms with van der Waals surface area (Å²) < 4.78 is 25.3. The van der Waals surface area contributed by atoms with Gasteiger partial charge in [-0.15, -0.1) is 11.3 Å². The third-order valence-electron chi connectivity index (χ3n) is 5.21. The summed E-state index contributed by atoms with van der Waals surface area (Å²) >= 11 is 1.43. The lowest BCUT2D eigenvalue weighted by molar-refractivity contribution is 0.0953. The van der Waals surface area contributed by atoms with Crippen LogP contribution in [0.1, 0.15) is 58.5 Å². The van der Waals surface area contributed by atoms with E-state index >= 15 is 0 Å². The molecule has 0 spiro atoms. The molecule has 0 saturated heterocycles. The number of amides is 1. The second-order valence-electron chi connectivity index (χ2n) is 7.10. The first kappa shape index (κ1) is 19.7. The number of nitrogens with one attached hydrogen (secondary N) is 2. The zero-order valence-corrected chi connectivity index (χ0v) is 16.7. The van der Waals surface area contributed by atoms with Gasteiger partial charge >= 0.3 is 0 Å². The van der Waals surface area contributed by atoms with Crippen molar-refractivity contribution in [2.24, 2.45) is 11.8 Å². The van der Waals surface area contributed by atoms with Gasteiger partial charge < -0.3 is 0 Å². The van der Waals surface area contributed by atoms with Crippen molar-refractivity contribution in [2.75, 3.05) is 25.9 Å². The van der Waals surface area contributed by atoms with Gasteiger partial charge in [-0.25, -0.2) is 24.0 Å². The highest BCUT2D eigenvalue weighted by Crippen LogP contribution is 2.44. The lowest BCUT2D eigenvalue weighted by Crippen LogP contribution is -2.43. The van der Waals surface area contributed by atoms with E-state index in [1.54, 1.807) is 0 Å². The van der Waals surface area contributed by atoms with Crippen molar-refractivity contribution < 1.29 is 13.2 Å². The van der Waals surface area contributed by atoms with Gasteiger partial charge in [-0.2, -0.15) is 0 Å². The molecular formula is C16H27N5O3S2. The summed E-state index contributed by atoms with van der Waals surface area (Å²) in [5.41, 5.74) is 3.16. The zero-order valence-electron chi connectivity index (χ0n) is 15.0. The van der Waals surface area contributed by atoms with Crippen LogP contribution in [0, 0.1) is 5.92 Å². The minimum Gasteiger partial charge on any atom is -0.293 e. The molecule has 1 saturated carbocycles. The number of thiazole rings is 1. The van der Waals surface area contributed by atoms with E-state index in [0.29, 0.717) is 24.0 Å². The lowest BCUT2D eigenvalue weighted by Gasteiger charge is -2.41. The smallest absolute Gasteiger partial charge is 0.293 e. The van der Waals surface area contributed by atoms with Gasteiger partial charge in [-0.1, -0.05) is 19.3 Å². The van der Waals surface area contributed by atoms with E-state index in [-0.39, 0.29) is 11.9 Å². The van der Waals surface area contributed by atoms with Gasteiger partial charge in [0.1, 0.15) is 0 Å². The standard InChI is InChI=1S/C16H27N5O3S2/c1-26(23,24)18-8-10-21-9-7-12-14(25-16(19-12)15(22)20-17)13(21)11-5-3-2-4-6-11/h11,13,18H,2-10,17H2,1H3,(H,20,22). The van der Waals surface area contributed by atoms with Crippen molar-refractivity contribution in [3.8, 4) is 0 Å². The van der Waals surface area contributed by atoms with Gasteiger partial charge in [-0.3, -0.25) is 15.1 Å². The normalized spacial score (nSPS) is 22.2. The fraction of sp³-hybridized carbons (Fsp3) is 0.750. The van der Waals surface area contributed by atoms with Crippen LogP contribution in [0.15, 0.2) is 0 Å². The first-order valence-corrected chi connectivity index (χ1v) is 11.8. The summed E-state index contributed by atoms with van der Waals surface area (Å²) in [7, 11) is -3.19. The fourth-order valence-corrected chi connectivity index (χ4v) is 5.78. The monoisotopic (exact) mass is 401 g/mol. The number of fused-ring (bicyclic) bond motifs is 1. The van der Waals surface area contributed by atoms with Gasteiger partial charge in [0, 0.05) is 37.0 Å². The summed E-state index contributed by atoms with van der Waals surface area (Å²) in [6.45, 7) is 1.88. The Morgan fingerprint density at radius 2 is 2.08 bits per heavy atom. The zero-order chi connectivity index (χ0) is 18.7. The van der Waals surface area contributed by atoms with E-state index in [1.165, 1.54) is 36.9 Å². The Morgan fingerprint density at radius 3 is 2.73 bits per heavy atom. The molecule has 1 atom stereocenters. The summed E-state index contributed by atoms with van der Waals surface area (Å²) in [5, 5.41) is 0.412. The van der Waals surface area contributed by atoms with Gasteiger partial charge in [0.2, 0.25) is 10.0 Å². The Labute approximate surface area is 158 Å². The fourth-order valence-electron chi connectivity index (χ4n) is 4.07. The Morgan fingerprint density at radius 1 is 1.35 bits per heavy atom. The number of hydrogen-bond donors (Lipinski definition) is 3. The third-order valence-corrected chi connectivity index (χ3v) is 7.11. The van der Waals surface area contributed by atoms with Crippen LogP contribution < -0.4 is 16.0 Å². The van der Waals surface area contributed by atoms with E-state index in [2.05, 4.69) is 20.0 Å². The number of nitrogen functional groups attached to an aromatic ring is 1. The molecule has 4 N–H and O–H groups in total. The molecule has 0 bridgehead atoms. The second-order valence-corrected chi connectivity index (χ2v) is 9.96. The molecule has 3 rings (SSSR count). The summed E-state index contributed by atoms with van der Waals surface area (Å²) in [4.78, 5) is 19.9. The van der Waals surface area contributed by atoms with Crippen molar-refractivity contribution in [3.05, 3.63) is 15.6 Å².